The number of carbonyl (C=O) groups is 1. The Hall–Kier alpha value is -3.40. The minimum absolute atomic E-state index is 0.0177. The summed E-state index contributed by atoms with van der Waals surface area (Å²) in [6, 6.07) is 10.1. The lowest BCUT2D eigenvalue weighted by molar-refractivity contribution is -0.121. The second-order valence-electron chi connectivity index (χ2n) is 7.20. The summed E-state index contributed by atoms with van der Waals surface area (Å²) in [7, 11) is -3.90. The first-order valence-corrected chi connectivity index (χ1v) is 11.2. The number of para-hydroxylation sites is 1. The Bertz CT molecular complexity index is 1250. The van der Waals surface area contributed by atoms with Crippen LogP contribution in [0.5, 0.6) is 5.75 Å². The summed E-state index contributed by atoms with van der Waals surface area (Å²) in [5.41, 5.74) is 2.62. The molecule has 162 valence electrons. The van der Waals surface area contributed by atoms with Crippen LogP contribution in [0.1, 0.15) is 29.8 Å². The molecule has 0 saturated carbocycles. The maximum absolute atomic E-state index is 13.2. The van der Waals surface area contributed by atoms with E-state index in [0.717, 1.165) is 11.1 Å². The van der Waals surface area contributed by atoms with Crippen molar-refractivity contribution in [2.75, 3.05) is 16.2 Å². The van der Waals surface area contributed by atoms with Crippen molar-refractivity contribution in [3.05, 3.63) is 59.2 Å². The van der Waals surface area contributed by atoms with Gasteiger partial charge in [0.1, 0.15) is 5.75 Å². The van der Waals surface area contributed by atoms with Gasteiger partial charge >= 0.3 is 0 Å². The molecule has 0 aliphatic carbocycles. The Labute approximate surface area is 180 Å². The second kappa shape index (κ2) is 8.03. The van der Waals surface area contributed by atoms with E-state index < -0.39 is 10.0 Å². The van der Waals surface area contributed by atoms with Crippen LogP contribution >= 0.6 is 0 Å². The molecule has 0 fully saturated rings. The highest BCUT2D eigenvalue weighted by molar-refractivity contribution is 7.92. The maximum atomic E-state index is 13.2. The normalized spacial score (nSPS) is 13.6. The Morgan fingerprint density at radius 1 is 1.19 bits per heavy atom. The van der Waals surface area contributed by atoms with Gasteiger partial charge in [-0.2, -0.15) is 4.98 Å². The molecule has 4 rings (SSSR count). The minimum Gasteiger partial charge on any atom is -0.482 e. The summed E-state index contributed by atoms with van der Waals surface area (Å²) in [5, 5.41) is 3.82. The number of hydrogen-bond acceptors (Lipinski definition) is 7. The number of nitrogens with zero attached hydrogens (tertiary/aromatic N) is 3. The third-order valence-corrected chi connectivity index (χ3v) is 6.38. The average molecular weight is 442 g/mol. The van der Waals surface area contributed by atoms with Gasteiger partial charge in [-0.15, -0.1) is 0 Å². The fourth-order valence-electron chi connectivity index (χ4n) is 3.43. The molecule has 2 aromatic carbocycles. The van der Waals surface area contributed by atoms with Crippen LogP contribution in [-0.4, -0.2) is 31.1 Å². The van der Waals surface area contributed by atoms with E-state index in [1.807, 2.05) is 32.0 Å². The monoisotopic (exact) mass is 442 g/mol. The summed E-state index contributed by atoms with van der Waals surface area (Å²) < 4.78 is 39.5. The highest BCUT2D eigenvalue weighted by Crippen LogP contribution is 2.36. The zero-order chi connectivity index (χ0) is 22.2. The molecule has 0 unspecified atom stereocenters. The number of sulfonamides is 1. The van der Waals surface area contributed by atoms with Crippen molar-refractivity contribution in [3.8, 4) is 5.75 Å². The predicted octanol–water partition coefficient (Wildman–Crippen LogP) is 2.98. The Kier molecular flexibility index (Phi) is 5.40. The van der Waals surface area contributed by atoms with Crippen LogP contribution in [0.3, 0.4) is 0 Å². The number of amides is 1. The van der Waals surface area contributed by atoms with Gasteiger partial charge in [-0.05, 0) is 42.7 Å². The Morgan fingerprint density at radius 2 is 2.00 bits per heavy atom. The van der Waals surface area contributed by atoms with E-state index in [1.165, 1.54) is 17.0 Å². The summed E-state index contributed by atoms with van der Waals surface area (Å²) >= 11 is 0. The lowest BCUT2D eigenvalue weighted by Gasteiger charge is -2.28. The van der Waals surface area contributed by atoms with Gasteiger partial charge < -0.3 is 9.26 Å². The molecule has 1 aliphatic rings. The molecule has 1 N–H and O–H groups in total. The molecule has 9 nitrogen and oxygen atoms in total. The maximum Gasteiger partial charge on any atom is 0.265 e. The molecule has 31 heavy (non-hydrogen) atoms. The van der Waals surface area contributed by atoms with Crippen molar-refractivity contribution in [1.29, 1.82) is 0 Å². The molecule has 1 amide bonds. The van der Waals surface area contributed by atoms with Gasteiger partial charge in [0, 0.05) is 6.92 Å². The summed E-state index contributed by atoms with van der Waals surface area (Å²) in [4.78, 5) is 18.0. The molecule has 0 saturated heterocycles. The van der Waals surface area contributed by atoms with E-state index in [4.69, 9.17) is 9.26 Å². The molecule has 1 aromatic heterocycles. The third-order valence-electron chi connectivity index (χ3n) is 5.03. The number of aryl methyl sites for hydroxylation is 3. The topological polar surface area (TPSA) is 115 Å². The standard InChI is InChI=1S/C21H22N4O5S/c1-4-15-7-5-6-13(2)21(15)24-31(27,28)16-8-9-18-17(10-16)25(20(26)12-29-18)11-19-22-14(3)30-23-19/h5-10,24H,4,11-12H2,1-3H3. The molecular formula is C21H22N4O5S. The molecule has 2 heterocycles. The minimum atomic E-state index is -3.90. The first-order valence-electron chi connectivity index (χ1n) is 9.76. The highest BCUT2D eigenvalue weighted by atomic mass is 32.2. The van der Waals surface area contributed by atoms with E-state index in [0.29, 0.717) is 35.3 Å². The van der Waals surface area contributed by atoms with Gasteiger partial charge in [0.2, 0.25) is 5.89 Å². The second-order valence-corrected chi connectivity index (χ2v) is 8.88. The van der Waals surface area contributed by atoms with Gasteiger partial charge in [0.25, 0.3) is 15.9 Å². The Balaban J connectivity index is 1.70. The zero-order valence-corrected chi connectivity index (χ0v) is 18.2. The van der Waals surface area contributed by atoms with E-state index in [-0.39, 0.29) is 24.0 Å². The SMILES string of the molecule is CCc1cccc(C)c1NS(=O)(=O)c1ccc2c(c1)N(Cc1noc(C)n1)C(=O)CO2. The fourth-order valence-corrected chi connectivity index (χ4v) is 4.62. The number of anilines is 2. The lowest BCUT2D eigenvalue weighted by Crippen LogP contribution is -2.38. The average Bonchev–Trinajstić information content (AvgIpc) is 3.16. The number of carbonyl (C=O) groups excluding carboxylic acids is 1. The molecule has 0 radical (unpaired) electrons. The van der Waals surface area contributed by atoms with Crippen LogP contribution in [-0.2, 0) is 27.8 Å². The van der Waals surface area contributed by atoms with Crippen molar-refractivity contribution in [2.24, 2.45) is 0 Å². The van der Waals surface area contributed by atoms with Crippen molar-refractivity contribution in [3.63, 3.8) is 0 Å². The van der Waals surface area contributed by atoms with Crippen molar-refractivity contribution in [2.45, 2.75) is 38.6 Å². The number of hydrogen-bond donors (Lipinski definition) is 1. The summed E-state index contributed by atoms with van der Waals surface area (Å²) in [6.07, 6.45) is 0.684. The number of fused-ring (bicyclic) bond motifs is 1. The van der Waals surface area contributed by atoms with E-state index in [1.54, 1.807) is 13.0 Å². The van der Waals surface area contributed by atoms with E-state index in [2.05, 4.69) is 14.9 Å². The first kappa shape index (κ1) is 20.9. The van der Waals surface area contributed by atoms with Gasteiger partial charge in [-0.1, -0.05) is 30.3 Å². The molecule has 0 atom stereocenters. The van der Waals surface area contributed by atoms with Crippen molar-refractivity contribution < 1.29 is 22.5 Å². The van der Waals surface area contributed by atoms with Crippen LogP contribution in [0.4, 0.5) is 11.4 Å². The number of ether oxygens (including phenoxy) is 1. The number of aromatic nitrogens is 2. The lowest BCUT2D eigenvalue weighted by atomic mass is 10.1. The van der Waals surface area contributed by atoms with Crippen LogP contribution < -0.4 is 14.4 Å². The predicted molar refractivity (Wildman–Crippen MR) is 114 cm³/mol. The molecule has 10 heteroatoms. The molecular weight excluding hydrogens is 420 g/mol. The van der Waals surface area contributed by atoms with E-state index >= 15 is 0 Å². The van der Waals surface area contributed by atoms with Gasteiger partial charge in [-0.25, -0.2) is 8.42 Å². The quantitative estimate of drug-likeness (QED) is 0.624. The van der Waals surface area contributed by atoms with Crippen molar-refractivity contribution in [1.82, 2.24) is 10.1 Å². The van der Waals surface area contributed by atoms with Crippen LogP contribution in [0.15, 0.2) is 45.8 Å². The molecule has 0 spiro atoms. The number of benzene rings is 2. The van der Waals surface area contributed by atoms with Gasteiger partial charge in [-0.3, -0.25) is 14.4 Å². The third kappa shape index (κ3) is 4.11. The number of rotatable bonds is 6. The largest absolute Gasteiger partial charge is 0.482 e. The summed E-state index contributed by atoms with van der Waals surface area (Å²) in [5.74, 6) is 0.771. The smallest absolute Gasteiger partial charge is 0.265 e. The van der Waals surface area contributed by atoms with Crippen molar-refractivity contribution >= 4 is 27.3 Å². The van der Waals surface area contributed by atoms with E-state index in [9.17, 15) is 13.2 Å². The first-order chi connectivity index (χ1) is 14.8. The number of nitrogens with one attached hydrogen (secondary N) is 1. The molecule has 1 aliphatic heterocycles. The highest BCUT2D eigenvalue weighted by Gasteiger charge is 2.29. The summed E-state index contributed by atoms with van der Waals surface area (Å²) in [6.45, 7) is 5.35. The molecule has 3 aromatic rings. The van der Waals surface area contributed by atoms with Crippen LogP contribution in [0.2, 0.25) is 0 Å². The molecule has 0 bridgehead atoms. The zero-order valence-electron chi connectivity index (χ0n) is 17.4. The van der Waals surface area contributed by atoms with Gasteiger partial charge in [0.05, 0.1) is 22.8 Å². The van der Waals surface area contributed by atoms with Crippen LogP contribution in [0.25, 0.3) is 0 Å². The van der Waals surface area contributed by atoms with Crippen LogP contribution in [0, 0.1) is 13.8 Å². The fraction of sp³-hybridized carbons (Fsp3) is 0.286. The van der Waals surface area contributed by atoms with Gasteiger partial charge in [0.15, 0.2) is 12.4 Å². The Morgan fingerprint density at radius 3 is 2.71 bits per heavy atom.